The lowest BCUT2D eigenvalue weighted by Gasteiger charge is -2.18. The van der Waals surface area contributed by atoms with Crippen molar-refractivity contribution in [3.63, 3.8) is 0 Å². The zero-order chi connectivity index (χ0) is 25.8. The molecule has 0 fully saturated rings. The molecule has 0 atom stereocenters. The molecule has 1 aromatic heterocycles. The Balaban J connectivity index is 1.57. The molecular formula is C36H19F2N. The fourth-order valence-electron chi connectivity index (χ4n) is 6.90. The van der Waals surface area contributed by atoms with E-state index in [0.29, 0.717) is 5.69 Å². The fourth-order valence-corrected chi connectivity index (χ4v) is 6.90. The van der Waals surface area contributed by atoms with Crippen molar-refractivity contribution in [1.29, 1.82) is 0 Å². The highest BCUT2D eigenvalue weighted by Gasteiger charge is 2.20. The molecule has 182 valence electrons. The number of hydrogen-bond acceptors (Lipinski definition) is 0. The van der Waals surface area contributed by atoms with Gasteiger partial charge in [-0.2, -0.15) is 0 Å². The summed E-state index contributed by atoms with van der Waals surface area (Å²) < 4.78 is 30.8. The second-order valence-electron chi connectivity index (χ2n) is 10.4. The first-order chi connectivity index (χ1) is 19.2. The normalized spacial score (nSPS) is 12.4. The third kappa shape index (κ3) is 2.67. The van der Waals surface area contributed by atoms with E-state index in [4.69, 9.17) is 0 Å². The van der Waals surface area contributed by atoms with E-state index in [0.717, 1.165) is 33.3 Å². The molecule has 8 aromatic carbocycles. The van der Waals surface area contributed by atoms with E-state index >= 15 is 0 Å². The second kappa shape index (κ2) is 7.30. The predicted molar refractivity (Wildman–Crippen MR) is 159 cm³/mol. The molecule has 0 N–H and O–H groups in total. The van der Waals surface area contributed by atoms with Gasteiger partial charge in [-0.3, -0.25) is 0 Å². The van der Waals surface area contributed by atoms with Crippen molar-refractivity contribution in [2.75, 3.05) is 0 Å². The highest BCUT2D eigenvalue weighted by atomic mass is 19.1. The minimum Gasteiger partial charge on any atom is -0.309 e. The molecule has 0 radical (unpaired) electrons. The average molecular weight is 504 g/mol. The van der Waals surface area contributed by atoms with Crippen LogP contribution in [-0.4, -0.2) is 4.57 Å². The van der Waals surface area contributed by atoms with Crippen LogP contribution < -0.4 is 0 Å². The molecule has 1 heterocycles. The third-order valence-corrected chi connectivity index (χ3v) is 8.38. The Morgan fingerprint density at radius 1 is 0.359 bits per heavy atom. The maximum Gasteiger partial charge on any atom is 0.128 e. The van der Waals surface area contributed by atoms with Gasteiger partial charge in [-0.1, -0.05) is 78.9 Å². The van der Waals surface area contributed by atoms with E-state index in [2.05, 4.69) is 78.9 Å². The van der Waals surface area contributed by atoms with Crippen LogP contribution in [0.4, 0.5) is 8.78 Å². The summed E-state index contributed by atoms with van der Waals surface area (Å²) in [5.74, 6) is -1.18. The van der Waals surface area contributed by atoms with Crippen LogP contribution in [0.25, 0.3) is 81.4 Å². The summed E-state index contributed by atoms with van der Waals surface area (Å²) in [6, 6.07) is 38.1. The van der Waals surface area contributed by atoms with E-state index in [9.17, 15) is 8.78 Å². The standard InChI is InChI=1S/C36H19F2N/c37-20-15-21(38)17-22(16-20)39-33-14-4-3-9-25(33)32-18-30-28-12-5-10-26-23-7-1-2-8-24(23)27-11-6-13-29(36(27)35(26)28)31(30)19-34(32)39/h1-19H. The van der Waals surface area contributed by atoms with Crippen LogP contribution in [0.3, 0.4) is 0 Å². The Bertz CT molecular complexity index is 2450. The number of para-hydroxylation sites is 1. The Kier molecular flexibility index (Phi) is 3.92. The van der Waals surface area contributed by atoms with Gasteiger partial charge in [0.1, 0.15) is 11.6 Å². The van der Waals surface area contributed by atoms with Gasteiger partial charge in [0.25, 0.3) is 0 Å². The van der Waals surface area contributed by atoms with Gasteiger partial charge >= 0.3 is 0 Å². The first-order valence-electron chi connectivity index (χ1n) is 13.1. The molecule has 0 spiro atoms. The number of hydrogen-bond donors (Lipinski definition) is 0. The van der Waals surface area contributed by atoms with Crippen molar-refractivity contribution in [1.82, 2.24) is 4.57 Å². The first kappa shape index (κ1) is 21.0. The Hall–Kier alpha value is -5.02. The van der Waals surface area contributed by atoms with Gasteiger partial charge in [-0.15, -0.1) is 0 Å². The van der Waals surface area contributed by atoms with Crippen molar-refractivity contribution in [2.24, 2.45) is 0 Å². The molecule has 0 aliphatic heterocycles. The molecule has 0 saturated carbocycles. The third-order valence-electron chi connectivity index (χ3n) is 8.38. The molecule has 39 heavy (non-hydrogen) atoms. The summed E-state index contributed by atoms with van der Waals surface area (Å²) in [6.07, 6.45) is 0. The summed E-state index contributed by atoms with van der Waals surface area (Å²) in [4.78, 5) is 0. The van der Waals surface area contributed by atoms with Gasteiger partial charge in [0.15, 0.2) is 0 Å². The van der Waals surface area contributed by atoms with Crippen molar-refractivity contribution < 1.29 is 8.78 Å². The summed E-state index contributed by atoms with van der Waals surface area (Å²) in [5.41, 5.74) is 2.31. The first-order valence-corrected chi connectivity index (χ1v) is 13.1. The van der Waals surface area contributed by atoms with Crippen LogP contribution in [0.2, 0.25) is 0 Å². The zero-order valence-corrected chi connectivity index (χ0v) is 20.7. The molecule has 0 bridgehead atoms. The Labute approximate surface area is 221 Å². The number of aromatic nitrogens is 1. The monoisotopic (exact) mass is 503 g/mol. The van der Waals surface area contributed by atoms with Crippen LogP contribution in [0, 0.1) is 11.6 Å². The van der Waals surface area contributed by atoms with Crippen LogP contribution >= 0.6 is 0 Å². The van der Waals surface area contributed by atoms with Gasteiger partial charge < -0.3 is 4.57 Å². The Morgan fingerprint density at radius 2 is 0.846 bits per heavy atom. The largest absolute Gasteiger partial charge is 0.309 e. The summed E-state index contributed by atoms with van der Waals surface area (Å²) in [5, 5.41) is 14.3. The van der Waals surface area contributed by atoms with Gasteiger partial charge in [-0.25, -0.2) is 8.78 Å². The van der Waals surface area contributed by atoms with Crippen molar-refractivity contribution in [3.8, 4) is 5.69 Å². The number of benzene rings is 8. The van der Waals surface area contributed by atoms with Crippen molar-refractivity contribution in [3.05, 3.63) is 127 Å². The summed E-state index contributed by atoms with van der Waals surface area (Å²) in [7, 11) is 0. The lowest BCUT2D eigenvalue weighted by atomic mass is 9.86. The number of fused-ring (bicyclic) bond motifs is 9. The van der Waals surface area contributed by atoms with Crippen molar-refractivity contribution >= 4 is 75.7 Å². The number of halogens is 2. The Morgan fingerprint density at radius 3 is 1.46 bits per heavy atom. The highest BCUT2D eigenvalue weighted by Crippen LogP contribution is 2.46. The maximum atomic E-state index is 14.4. The number of nitrogens with zero attached hydrogens (tertiary/aromatic N) is 1. The minimum absolute atomic E-state index is 0.473. The molecule has 3 heteroatoms. The molecule has 0 saturated heterocycles. The molecule has 0 aliphatic carbocycles. The predicted octanol–water partition coefficient (Wildman–Crippen LogP) is 10.3. The average Bonchev–Trinajstić information content (AvgIpc) is 3.29. The number of rotatable bonds is 1. The van der Waals surface area contributed by atoms with Gasteiger partial charge in [0.2, 0.25) is 0 Å². The molecule has 0 aliphatic rings. The SMILES string of the molecule is Fc1cc(F)cc(-n2c3ccccc3c3cc4c(cc32)c2cccc3c5ccccc5c5cccc4c5c32)c1. The molecule has 9 rings (SSSR count). The molecular weight excluding hydrogens is 484 g/mol. The van der Waals surface area contributed by atoms with Crippen molar-refractivity contribution in [2.45, 2.75) is 0 Å². The second-order valence-corrected chi connectivity index (χ2v) is 10.4. The minimum atomic E-state index is -0.592. The van der Waals surface area contributed by atoms with E-state index in [1.54, 1.807) is 0 Å². The maximum absolute atomic E-state index is 14.4. The fraction of sp³-hybridized carbons (Fsp3) is 0. The zero-order valence-electron chi connectivity index (χ0n) is 20.7. The van der Waals surface area contributed by atoms with E-state index in [1.807, 2.05) is 22.8 Å². The quantitative estimate of drug-likeness (QED) is 0.155. The summed E-state index contributed by atoms with van der Waals surface area (Å²) >= 11 is 0. The van der Waals surface area contributed by atoms with E-state index in [1.165, 1.54) is 60.6 Å². The topological polar surface area (TPSA) is 4.93 Å². The van der Waals surface area contributed by atoms with Gasteiger partial charge in [0.05, 0.1) is 16.7 Å². The van der Waals surface area contributed by atoms with E-state index in [-0.39, 0.29) is 0 Å². The lowest BCUT2D eigenvalue weighted by molar-refractivity contribution is 0.582. The van der Waals surface area contributed by atoms with Gasteiger partial charge in [-0.05, 0) is 84.2 Å². The molecule has 1 nitrogen and oxygen atoms in total. The van der Waals surface area contributed by atoms with E-state index < -0.39 is 11.6 Å². The van der Waals surface area contributed by atoms with Crippen LogP contribution in [0.1, 0.15) is 0 Å². The smallest absolute Gasteiger partial charge is 0.128 e. The van der Waals surface area contributed by atoms with Crippen LogP contribution in [-0.2, 0) is 0 Å². The van der Waals surface area contributed by atoms with Gasteiger partial charge in [0, 0.05) is 16.8 Å². The summed E-state index contributed by atoms with van der Waals surface area (Å²) in [6.45, 7) is 0. The van der Waals surface area contributed by atoms with Crippen LogP contribution in [0.5, 0.6) is 0 Å². The molecule has 0 unspecified atom stereocenters. The highest BCUT2D eigenvalue weighted by molar-refractivity contribution is 6.40. The lowest BCUT2D eigenvalue weighted by Crippen LogP contribution is -1.96. The molecule has 9 aromatic rings. The molecule has 0 amide bonds. The van der Waals surface area contributed by atoms with Crippen LogP contribution in [0.15, 0.2) is 115 Å².